The standard InChI is InChI=1S/C17H14N2O/c20-18-17(13-19-10-4-1-5-11-19)16-9-8-14-6-2-3-7-15(14)12-16/h1-12H,13H2/b18-17-. The minimum atomic E-state index is 0.475. The average Bonchev–Trinajstić information content (AvgIpc) is 2.53. The molecule has 0 spiro atoms. The molecule has 3 heteroatoms. The number of benzene rings is 2. The molecule has 1 aromatic heterocycles. The lowest BCUT2D eigenvalue weighted by Crippen LogP contribution is -2.37. The van der Waals surface area contributed by atoms with Crippen LogP contribution in [0.3, 0.4) is 0 Å². The van der Waals surface area contributed by atoms with Crippen LogP contribution in [0, 0.1) is 5.21 Å². The van der Waals surface area contributed by atoms with Gasteiger partial charge < -0.3 is 10.4 Å². The molecule has 0 amide bonds. The maximum Gasteiger partial charge on any atom is 0.190 e. The Morgan fingerprint density at radius 3 is 2.40 bits per heavy atom. The van der Waals surface area contributed by atoms with Crippen molar-refractivity contribution in [1.29, 1.82) is 0 Å². The highest BCUT2D eigenvalue weighted by atomic mass is 16.4. The minimum absolute atomic E-state index is 0.475. The summed E-state index contributed by atoms with van der Waals surface area (Å²) in [5.74, 6) is 0. The highest BCUT2D eigenvalue weighted by Gasteiger charge is 2.08. The summed E-state index contributed by atoms with van der Waals surface area (Å²) in [5.41, 5.74) is 1.40. The van der Waals surface area contributed by atoms with E-state index in [1.54, 1.807) is 0 Å². The van der Waals surface area contributed by atoms with E-state index in [-0.39, 0.29) is 0 Å². The lowest BCUT2D eigenvalue weighted by atomic mass is 10.0. The SMILES string of the molecule is [O-]/N=C(/C[n+]1ccccc1)c1ccc2ccccc2c1. The molecule has 3 nitrogen and oxygen atoms in total. The second-order valence-corrected chi connectivity index (χ2v) is 4.65. The Morgan fingerprint density at radius 2 is 1.65 bits per heavy atom. The Labute approximate surface area is 117 Å². The zero-order valence-electron chi connectivity index (χ0n) is 10.9. The number of aromatic nitrogens is 1. The van der Waals surface area contributed by atoms with Gasteiger partial charge in [0.2, 0.25) is 0 Å². The first-order chi connectivity index (χ1) is 9.86. The molecule has 3 rings (SSSR count). The molecule has 20 heavy (non-hydrogen) atoms. The van der Waals surface area contributed by atoms with E-state index in [2.05, 4.69) is 11.2 Å². The Kier molecular flexibility index (Phi) is 3.42. The summed E-state index contributed by atoms with van der Waals surface area (Å²) in [6, 6.07) is 19.9. The van der Waals surface area contributed by atoms with Gasteiger partial charge in [-0.15, -0.1) is 0 Å². The lowest BCUT2D eigenvalue weighted by molar-refractivity contribution is -0.681. The molecule has 0 N–H and O–H groups in total. The van der Waals surface area contributed by atoms with Crippen molar-refractivity contribution in [3.63, 3.8) is 0 Å². The van der Waals surface area contributed by atoms with E-state index in [4.69, 9.17) is 0 Å². The summed E-state index contributed by atoms with van der Waals surface area (Å²) < 4.78 is 1.94. The summed E-state index contributed by atoms with van der Waals surface area (Å²) in [6.07, 6.45) is 3.85. The number of nitrogens with zero attached hydrogens (tertiary/aromatic N) is 2. The van der Waals surface area contributed by atoms with E-state index in [1.165, 1.54) is 0 Å². The van der Waals surface area contributed by atoms with Gasteiger partial charge in [0.1, 0.15) is 5.71 Å². The van der Waals surface area contributed by atoms with Crippen LogP contribution >= 0.6 is 0 Å². The molecule has 0 aliphatic heterocycles. The molecular weight excluding hydrogens is 248 g/mol. The van der Waals surface area contributed by atoms with Crippen LogP contribution in [0.15, 0.2) is 78.2 Å². The zero-order valence-corrected chi connectivity index (χ0v) is 10.9. The van der Waals surface area contributed by atoms with E-state index < -0.39 is 0 Å². The summed E-state index contributed by atoms with van der Waals surface area (Å²) >= 11 is 0. The van der Waals surface area contributed by atoms with Crippen molar-refractivity contribution in [2.75, 3.05) is 0 Å². The van der Waals surface area contributed by atoms with Gasteiger partial charge in [0.15, 0.2) is 18.9 Å². The van der Waals surface area contributed by atoms with Gasteiger partial charge in [-0.2, -0.15) is 4.57 Å². The molecule has 0 radical (unpaired) electrons. The molecule has 98 valence electrons. The van der Waals surface area contributed by atoms with Crippen LogP contribution in [0.4, 0.5) is 0 Å². The summed E-state index contributed by atoms with van der Waals surface area (Å²) in [7, 11) is 0. The molecule has 0 fully saturated rings. The van der Waals surface area contributed by atoms with E-state index >= 15 is 0 Å². The molecular formula is C17H14N2O. The van der Waals surface area contributed by atoms with Gasteiger partial charge in [-0.25, -0.2) is 0 Å². The van der Waals surface area contributed by atoms with E-state index in [0.29, 0.717) is 12.3 Å². The normalized spacial score (nSPS) is 11.7. The van der Waals surface area contributed by atoms with Gasteiger partial charge in [-0.05, 0) is 16.8 Å². The summed E-state index contributed by atoms with van der Waals surface area (Å²) in [6.45, 7) is 0.475. The number of hydrogen-bond acceptors (Lipinski definition) is 2. The first kappa shape index (κ1) is 12.4. The fourth-order valence-corrected chi connectivity index (χ4v) is 2.25. The molecule has 0 aliphatic rings. The Hall–Kier alpha value is -2.68. The first-order valence-corrected chi connectivity index (χ1v) is 6.49. The van der Waals surface area contributed by atoms with Gasteiger partial charge in [0.05, 0.1) is 0 Å². The fraction of sp³-hybridized carbons (Fsp3) is 0.0588. The van der Waals surface area contributed by atoms with Crippen LogP contribution in [0.1, 0.15) is 5.56 Å². The predicted octanol–water partition coefficient (Wildman–Crippen LogP) is 3.11. The lowest BCUT2D eigenvalue weighted by Gasteiger charge is -2.07. The second kappa shape index (κ2) is 5.53. The van der Waals surface area contributed by atoms with Crippen LogP contribution in [-0.4, -0.2) is 5.71 Å². The van der Waals surface area contributed by atoms with Gasteiger partial charge in [-0.3, -0.25) is 0 Å². The van der Waals surface area contributed by atoms with Crippen molar-refractivity contribution in [2.24, 2.45) is 5.16 Å². The Morgan fingerprint density at radius 1 is 0.900 bits per heavy atom. The molecule has 1 heterocycles. The van der Waals surface area contributed by atoms with E-state index in [9.17, 15) is 5.21 Å². The predicted molar refractivity (Wildman–Crippen MR) is 80.5 cm³/mol. The monoisotopic (exact) mass is 262 g/mol. The molecule has 3 aromatic rings. The van der Waals surface area contributed by atoms with Crippen molar-refractivity contribution in [3.05, 3.63) is 83.8 Å². The fourth-order valence-electron chi connectivity index (χ4n) is 2.25. The topological polar surface area (TPSA) is 39.3 Å². The number of rotatable bonds is 3. The number of pyridine rings is 1. The van der Waals surface area contributed by atoms with Crippen LogP contribution in [0.25, 0.3) is 10.8 Å². The Balaban J connectivity index is 1.95. The minimum Gasteiger partial charge on any atom is -0.792 e. The highest BCUT2D eigenvalue weighted by molar-refractivity contribution is 6.02. The maximum atomic E-state index is 11.1. The highest BCUT2D eigenvalue weighted by Crippen LogP contribution is 2.16. The zero-order chi connectivity index (χ0) is 13.8. The van der Waals surface area contributed by atoms with Crippen molar-refractivity contribution in [3.8, 4) is 0 Å². The maximum absolute atomic E-state index is 11.1. The summed E-state index contributed by atoms with van der Waals surface area (Å²) in [4.78, 5) is 0. The third-order valence-electron chi connectivity index (χ3n) is 3.30. The smallest absolute Gasteiger partial charge is 0.190 e. The number of hydrogen-bond donors (Lipinski definition) is 0. The molecule has 0 bridgehead atoms. The van der Waals surface area contributed by atoms with Crippen LogP contribution in [0.5, 0.6) is 0 Å². The Bertz CT molecular complexity index is 751. The van der Waals surface area contributed by atoms with E-state index in [0.717, 1.165) is 16.3 Å². The van der Waals surface area contributed by atoms with Gasteiger partial charge >= 0.3 is 0 Å². The third-order valence-corrected chi connectivity index (χ3v) is 3.30. The molecule has 0 atom stereocenters. The average molecular weight is 262 g/mol. The third kappa shape index (κ3) is 2.52. The molecule has 0 saturated heterocycles. The van der Waals surface area contributed by atoms with Crippen molar-refractivity contribution in [1.82, 2.24) is 0 Å². The largest absolute Gasteiger partial charge is 0.792 e. The molecule has 0 unspecified atom stereocenters. The van der Waals surface area contributed by atoms with Crippen LogP contribution in [-0.2, 0) is 6.54 Å². The number of fused-ring (bicyclic) bond motifs is 1. The first-order valence-electron chi connectivity index (χ1n) is 6.49. The molecule has 0 saturated carbocycles. The quantitative estimate of drug-likeness (QED) is 0.406. The van der Waals surface area contributed by atoms with Crippen LogP contribution in [0.2, 0.25) is 0 Å². The van der Waals surface area contributed by atoms with Gasteiger partial charge in [0.25, 0.3) is 0 Å². The van der Waals surface area contributed by atoms with Crippen molar-refractivity contribution < 1.29 is 4.57 Å². The van der Waals surface area contributed by atoms with Gasteiger partial charge in [-0.1, -0.05) is 42.5 Å². The van der Waals surface area contributed by atoms with Gasteiger partial charge in [0, 0.05) is 17.7 Å². The van der Waals surface area contributed by atoms with Crippen molar-refractivity contribution >= 4 is 16.5 Å². The van der Waals surface area contributed by atoms with Crippen molar-refractivity contribution in [2.45, 2.75) is 6.54 Å². The molecule has 2 aromatic carbocycles. The second-order valence-electron chi connectivity index (χ2n) is 4.65. The molecule has 0 aliphatic carbocycles. The van der Waals surface area contributed by atoms with E-state index in [1.807, 2.05) is 71.6 Å². The van der Waals surface area contributed by atoms with Crippen LogP contribution < -0.4 is 4.57 Å². The summed E-state index contributed by atoms with van der Waals surface area (Å²) in [5, 5.41) is 16.6.